The van der Waals surface area contributed by atoms with E-state index in [0.29, 0.717) is 11.5 Å². The van der Waals surface area contributed by atoms with Crippen molar-refractivity contribution in [2.24, 2.45) is 0 Å². The van der Waals surface area contributed by atoms with Crippen LogP contribution in [0.5, 0.6) is 0 Å². The number of hydrogen-bond acceptors (Lipinski definition) is 5. The van der Waals surface area contributed by atoms with Gasteiger partial charge in [0.1, 0.15) is 17.7 Å². The lowest BCUT2D eigenvalue weighted by molar-refractivity contribution is 0.793. The molecule has 92 valence electrons. The maximum Gasteiger partial charge on any atom is 0.183 e. The third-order valence-corrected chi connectivity index (χ3v) is 3.72. The summed E-state index contributed by atoms with van der Waals surface area (Å²) in [5.41, 5.74) is 7.14. The average molecular weight is 259 g/mol. The fourth-order valence-corrected chi connectivity index (χ4v) is 2.65. The maximum atomic E-state index is 5.75. The van der Waals surface area contributed by atoms with Gasteiger partial charge in [-0.1, -0.05) is 6.07 Å². The van der Waals surface area contributed by atoms with Gasteiger partial charge in [-0.3, -0.25) is 0 Å². The molecule has 0 atom stereocenters. The lowest BCUT2D eigenvalue weighted by atomic mass is 10.2. The van der Waals surface area contributed by atoms with E-state index in [1.807, 2.05) is 0 Å². The summed E-state index contributed by atoms with van der Waals surface area (Å²) in [5, 5.41) is 2.10. The van der Waals surface area contributed by atoms with Crippen molar-refractivity contribution in [2.75, 3.05) is 5.73 Å². The van der Waals surface area contributed by atoms with Crippen LogP contribution < -0.4 is 5.73 Å². The number of rotatable bonds is 4. The van der Waals surface area contributed by atoms with Crippen molar-refractivity contribution in [1.82, 2.24) is 19.9 Å². The minimum Gasteiger partial charge on any atom is -0.382 e. The molecule has 6 heteroatoms. The summed E-state index contributed by atoms with van der Waals surface area (Å²) in [4.78, 5) is 17.0. The number of hydrogen-bond donors (Lipinski definition) is 2. The fraction of sp³-hybridized carbons (Fsp3) is 0.250. The van der Waals surface area contributed by atoms with Crippen LogP contribution in [-0.2, 0) is 12.8 Å². The van der Waals surface area contributed by atoms with E-state index in [1.165, 1.54) is 11.2 Å². The van der Waals surface area contributed by atoms with Crippen molar-refractivity contribution < 1.29 is 0 Å². The van der Waals surface area contributed by atoms with Crippen LogP contribution in [0, 0.1) is 0 Å². The second-order valence-corrected chi connectivity index (χ2v) is 5.11. The zero-order chi connectivity index (χ0) is 12.4. The van der Waals surface area contributed by atoms with E-state index in [4.69, 9.17) is 5.73 Å². The first-order chi connectivity index (χ1) is 8.83. The summed E-state index contributed by atoms with van der Waals surface area (Å²) < 4.78 is 0. The predicted molar refractivity (Wildman–Crippen MR) is 72.4 cm³/mol. The normalized spacial score (nSPS) is 11.1. The van der Waals surface area contributed by atoms with Crippen molar-refractivity contribution in [3.63, 3.8) is 0 Å². The second kappa shape index (κ2) is 4.73. The Hall–Kier alpha value is -1.95. The van der Waals surface area contributed by atoms with Gasteiger partial charge < -0.3 is 10.7 Å². The van der Waals surface area contributed by atoms with E-state index < -0.39 is 0 Å². The Morgan fingerprint density at radius 3 is 3.00 bits per heavy atom. The van der Waals surface area contributed by atoms with Gasteiger partial charge in [0.05, 0.1) is 0 Å². The molecular weight excluding hydrogens is 246 g/mol. The first-order valence-corrected chi connectivity index (χ1v) is 6.68. The number of aryl methyl sites for hydroxylation is 2. The van der Waals surface area contributed by atoms with Crippen LogP contribution in [0.15, 0.2) is 23.8 Å². The van der Waals surface area contributed by atoms with E-state index in [9.17, 15) is 0 Å². The molecule has 0 bridgehead atoms. The van der Waals surface area contributed by atoms with Gasteiger partial charge in [0, 0.05) is 11.3 Å². The molecular formula is C12H13N5S. The number of nitrogens with one attached hydrogen (secondary N) is 1. The number of H-pyrrole nitrogens is 1. The molecule has 0 saturated carbocycles. The molecule has 0 aliphatic rings. The Bertz CT molecular complexity index is 644. The van der Waals surface area contributed by atoms with Crippen LogP contribution in [0.25, 0.3) is 11.2 Å². The Kier molecular flexibility index (Phi) is 2.93. The van der Waals surface area contributed by atoms with Crippen LogP contribution in [0.4, 0.5) is 5.82 Å². The van der Waals surface area contributed by atoms with Crippen LogP contribution >= 0.6 is 11.3 Å². The van der Waals surface area contributed by atoms with Crippen molar-refractivity contribution in [3.8, 4) is 0 Å². The van der Waals surface area contributed by atoms with Gasteiger partial charge >= 0.3 is 0 Å². The predicted octanol–water partition coefficient (Wildman–Crippen LogP) is 2.17. The second-order valence-electron chi connectivity index (χ2n) is 4.07. The molecule has 18 heavy (non-hydrogen) atoms. The van der Waals surface area contributed by atoms with Gasteiger partial charge in [-0.2, -0.15) is 0 Å². The molecule has 0 fully saturated rings. The molecule has 3 aromatic heterocycles. The number of fused-ring (bicyclic) bond motifs is 1. The zero-order valence-electron chi connectivity index (χ0n) is 9.76. The standard InChI is InChI=1S/C12H13N5S/c13-11-10-12(15-7-14-11)17-9(16-10)5-1-3-8-4-2-6-18-8/h2,4,6-7H,1,3,5H2,(H3,13,14,15,16,17). The number of aromatic nitrogens is 4. The highest BCUT2D eigenvalue weighted by atomic mass is 32.1. The van der Waals surface area contributed by atoms with Crippen LogP contribution in [0.2, 0.25) is 0 Å². The molecule has 3 aromatic rings. The summed E-state index contributed by atoms with van der Waals surface area (Å²) in [6.07, 6.45) is 4.48. The number of nitrogen functional groups attached to an aromatic ring is 1. The van der Waals surface area contributed by atoms with Gasteiger partial charge in [-0.25, -0.2) is 15.0 Å². The molecule has 3 N–H and O–H groups in total. The van der Waals surface area contributed by atoms with E-state index in [1.54, 1.807) is 11.3 Å². The third-order valence-electron chi connectivity index (χ3n) is 2.78. The van der Waals surface area contributed by atoms with Crippen LogP contribution in [-0.4, -0.2) is 19.9 Å². The summed E-state index contributed by atoms with van der Waals surface area (Å²) in [6, 6.07) is 4.24. The third kappa shape index (κ3) is 2.19. The smallest absolute Gasteiger partial charge is 0.183 e. The average Bonchev–Trinajstić information content (AvgIpc) is 2.98. The number of nitrogens with zero attached hydrogens (tertiary/aromatic N) is 3. The molecule has 0 radical (unpaired) electrons. The van der Waals surface area contributed by atoms with E-state index >= 15 is 0 Å². The highest BCUT2D eigenvalue weighted by molar-refractivity contribution is 7.09. The summed E-state index contributed by atoms with van der Waals surface area (Å²) in [6.45, 7) is 0. The van der Waals surface area contributed by atoms with Gasteiger partial charge in [0.2, 0.25) is 0 Å². The van der Waals surface area contributed by atoms with E-state index in [-0.39, 0.29) is 0 Å². The lowest BCUT2D eigenvalue weighted by Gasteiger charge is -1.95. The molecule has 0 amide bonds. The maximum absolute atomic E-state index is 5.75. The van der Waals surface area contributed by atoms with Crippen molar-refractivity contribution >= 4 is 28.3 Å². The molecule has 0 saturated heterocycles. The molecule has 3 rings (SSSR count). The van der Waals surface area contributed by atoms with Crippen molar-refractivity contribution in [2.45, 2.75) is 19.3 Å². The van der Waals surface area contributed by atoms with E-state index in [0.717, 1.165) is 30.6 Å². The number of nitrogens with two attached hydrogens (primary N) is 1. The molecule has 3 heterocycles. The number of thiophene rings is 1. The zero-order valence-corrected chi connectivity index (χ0v) is 10.6. The van der Waals surface area contributed by atoms with Crippen LogP contribution in [0.1, 0.15) is 17.1 Å². The van der Waals surface area contributed by atoms with Gasteiger partial charge in [-0.05, 0) is 24.3 Å². The topological polar surface area (TPSA) is 80.5 Å². The molecule has 0 spiro atoms. The summed E-state index contributed by atoms with van der Waals surface area (Å²) >= 11 is 1.79. The fourth-order valence-electron chi connectivity index (χ4n) is 1.90. The SMILES string of the molecule is Nc1ncnc2nc(CCCc3cccs3)[nH]c12. The summed E-state index contributed by atoms with van der Waals surface area (Å²) in [5.74, 6) is 1.38. The number of aromatic amines is 1. The van der Waals surface area contributed by atoms with Gasteiger partial charge in [0.15, 0.2) is 11.5 Å². The molecule has 0 aromatic carbocycles. The van der Waals surface area contributed by atoms with Crippen molar-refractivity contribution in [3.05, 3.63) is 34.5 Å². The van der Waals surface area contributed by atoms with Gasteiger partial charge in [0.25, 0.3) is 0 Å². The largest absolute Gasteiger partial charge is 0.382 e. The minimum atomic E-state index is 0.456. The first-order valence-electron chi connectivity index (χ1n) is 5.80. The van der Waals surface area contributed by atoms with Gasteiger partial charge in [-0.15, -0.1) is 11.3 Å². The molecule has 5 nitrogen and oxygen atoms in total. The Balaban J connectivity index is 1.69. The Morgan fingerprint density at radius 2 is 2.22 bits per heavy atom. The minimum absolute atomic E-state index is 0.456. The Morgan fingerprint density at radius 1 is 1.28 bits per heavy atom. The first kappa shape index (κ1) is 11.2. The molecule has 0 aliphatic carbocycles. The monoisotopic (exact) mass is 259 g/mol. The highest BCUT2D eigenvalue weighted by Gasteiger charge is 2.07. The van der Waals surface area contributed by atoms with Crippen LogP contribution in [0.3, 0.4) is 0 Å². The quantitative estimate of drug-likeness (QED) is 0.752. The lowest BCUT2D eigenvalue weighted by Crippen LogP contribution is -1.92. The Labute approximate surface area is 108 Å². The number of anilines is 1. The van der Waals surface area contributed by atoms with E-state index in [2.05, 4.69) is 37.4 Å². The molecule has 0 unspecified atom stereocenters. The van der Waals surface area contributed by atoms with Crippen molar-refractivity contribution in [1.29, 1.82) is 0 Å². The summed E-state index contributed by atoms with van der Waals surface area (Å²) in [7, 11) is 0. The highest BCUT2D eigenvalue weighted by Crippen LogP contribution is 2.16. The number of imidazole rings is 1. The molecule has 0 aliphatic heterocycles.